The third-order valence-electron chi connectivity index (χ3n) is 4.98. The average Bonchev–Trinajstić information content (AvgIpc) is 3.25. The molecule has 1 atom stereocenters. The molecule has 132 valence electrons. The van der Waals surface area contributed by atoms with Crippen molar-refractivity contribution in [2.75, 3.05) is 58.7 Å². The molecule has 1 unspecified atom stereocenters. The summed E-state index contributed by atoms with van der Waals surface area (Å²) in [7, 11) is -3.27. The molecule has 0 aromatic carbocycles. The number of hydrogen-bond acceptors (Lipinski definition) is 5. The van der Waals surface area contributed by atoms with Crippen molar-refractivity contribution in [3.63, 3.8) is 0 Å². The maximum Gasteiger partial charge on any atom is 0.225 e. The van der Waals surface area contributed by atoms with Crippen molar-refractivity contribution < 1.29 is 17.9 Å². The summed E-state index contributed by atoms with van der Waals surface area (Å²) in [5, 5.41) is 0. The van der Waals surface area contributed by atoms with Crippen LogP contribution in [0.25, 0.3) is 0 Å². The minimum Gasteiger partial charge on any atom is -0.379 e. The molecule has 1 aliphatic carbocycles. The van der Waals surface area contributed by atoms with Crippen molar-refractivity contribution in [2.24, 2.45) is 5.92 Å². The zero-order valence-corrected chi connectivity index (χ0v) is 14.6. The highest BCUT2D eigenvalue weighted by molar-refractivity contribution is 7.88. The molecule has 3 aliphatic rings. The van der Waals surface area contributed by atoms with E-state index in [9.17, 15) is 13.2 Å². The van der Waals surface area contributed by atoms with Gasteiger partial charge in [-0.1, -0.05) is 0 Å². The molecule has 8 heteroatoms. The normalized spacial score (nSPS) is 26.9. The van der Waals surface area contributed by atoms with Gasteiger partial charge in [0.2, 0.25) is 15.9 Å². The van der Waals surface area contributed by atoms with E-state index in [2.05, 4.69) is 4.90 Å². The number of hydrogen-bond donors (Lipinski definition) is 0. The second-order valence-electron chi connectivity index (χ2n) is 6.83. The van der Waals surface area contributed by atoms with E-state index in [1.54, 1.807) is 4.31 Å². The van der Waals surface area contributed by atoms with E-state index < -0.39 is 10.0 Å². The number of nitrogens with zero attached hydrogens (tertiary/aromatic N) is 3. The molecular weight excluding hydrogens is 318 g/mol. The Morgan fingerprint density at radius 3 is 2.48 bits per heavy atom. The quantitative estimate of drug-likeness (QED) is 0.655. The van der Waals surface area contributed by atoms with Crippen molar-refractivity contribution in [3.05, 3.63) is 0 Å². The fraction of sp³-hybridized carbons (Fsp3) is 0.933. The van der Waals surface area contributed by atoms with E-state index >= 15 is 0 Å². The number of carbonyl (C=O) groups is 1. The van der Waals surface area contributed by atoms with Crippen LogP contribution >= 0.6 is 0 Å². The molecule has 2 saturated heterocycles. The van der Waals surface area contributed by atoms with E-state index in [-0.39, 0.29) is 17.9 Å². The van der Waals surface area contributed by atoms with Gasteiger partial charge in [-0.25, -0.2) is 8.42 Å². The molecule has 0 spiro atoms. The maximum atomic E-state index is 12.2. The summed E-state index contributed by atoms with van der Waals surface area (Å²) in [5.74, 6) is 0.419. The average molecular weight is 345 g/mol. The van der Waals surface area contributed by atoms with Gasteiger partial charge in [0.1, 0.15) is 0 Å². The molecule has 23 heavy (non-hydrogen) atoms. The van der Waals surface area contributed by atoms with Crippen LogP contribution in [0.2, 0.25) is 0 Å². The number of morpholine rings is 1. The number of rotatable bonds is 6. The molecule has 2 heterocycles. The lowest BCUT2D eigenvalue weighted by Crippen LogP contribution is -2.47. The lowest BCUT2D eigenvalue weighted by Gasteiger charge is -2.31. The third-order valence-corrected chi connectivity index (χ3v) is 6.31. The smallest absolute Gasteiger partial charge is 0.225 e. The largest absolute Gasteiger partial charge is 0.379 e. The lowest BCUT2D eigenvalue weighted by molar-refractivity contribution is -0.131. The minimum atomic E-state index is -3.27. The van der Waals surface area contributed by atoms with E-state index in [0.717, 1.165) is 38.9 Å². The van der Waals surface area contributed by atoms with Gasteiger partial charge in [-0.15, -0.1) is 0 Å². The standard InChI is InChI=1S/C15H27N3O4S/c1-23(20,21)18(7-6-16-8-10-22-11-9-16)14-4-5-17(12-14)15(19)13-2-3-13/h13-14H,2-12H2,1H3. The predicted octanol–water partition coefficient (Wildman–Crippen LogP) is -0.409. The monoisotopic (exact) mass is 345 g/mol. The summed E-state index contributed by atoms with van der Waals surface area (Å²) in [6.07, 6.45) is 4.01. The van der Waals surface area contributed by atoms with E-state index in [0.29, 0.717) is 32.8 Å². The first-order valence-corrected chi connectivity index (χ1v) is 10.4. The van der Waals surface area contributed by atoms with Gasteiger partial charge < -0.3 is 9.64 Å². The predicted molar refractivity (Wildman–Crippen MR) is 86.5 cm³/mol. The Labute approximate surface area is 138 Å². The molecule has 0 aromatic heterocycles. The van der Waals surface area contributed by atoms with Gasteiger partial charge in [-0.2, -0.15) is 4.31 Å². The first-order valence-electron chi connectivity index (χ1n) is 8.51. The summed E-state index contributed by atoms with van der Waals surface area (Å²) in [4.78, 5) is 16.3. The Balaban J connectivity index is 1.57. The van der Waals surface area contributed by atoms with Crippen LogP contribution in [0.15, 0.2) is 0 Å². The Bertz CT molecular complexity index is 529. The van der Waals surface area contributed by atoms with E-state index in [4.69, 9.17) is 4.74 Å². The van der Waals surface area contributed by atoms with Crippen molar-refractivity contribution >= 4 is 15.9 Å². The Morgan fingerprint density at radius 2 is 1.87 bits per heavy atom. The third kappa shape index (κ3) is 4.43. The fourth-order valence-corrected chi connectivity index (χ4v) is 4.58. The summed E-state index contributed by atoms with van der Waals surface area (Å²) in [6, 6.07) is -0.0752. The van der Waals surface area contributed by atoms with Crippen LogP contribution in [0, 0.1) is 5.92 Å². The van der Waals surface area contributed by atoms with Crippen LogP contribution in [0.3, 0.4) is 0 Å². The minimum absolute atomic E-state index is 0.0752. The van der Waals surface area contributed by atoms with Crippen LogP contribution in [0.5, 0.6) is 0 Å². The van der Waals surface area contributed by atoms with E-state index in [1.807, 2.05) is 4.90 Å². The lowest BCUT2D eigenvalue weighted by atomic mass is 10.2. The topological polar surface area (TPSA) is 70.2 Å². The highest BCUT2D eigenvalue weighted by Crippen LogP contribution is 2.32. The second kappa shape index (κ2) is 7.04. The Hall–Kier alpha value is -0.700. The van der Waals surface area contributed by atoms with Gasteiger partial charge >= 0.3 is 0 Å². The summed E-state index contributed by atoms with van der Waals surface area (Å²) >= 11 is 0. The number of amides is 1. The first-order chi connectivity index (χ1) is 10.9. The van der Waals surface area contributed by atoms with Gasteiger partial charge in [-0.05, 0) is 19.3 Å². The second-order valence-corrected chi connectivity index (χ2v) is 8.76. The van der Waals surface area contributed by atoms with Crippen molar-refractivity contribution in [1.29, 1.82) is 0 Å². The molecule has 2 aliphatic heterocycles. The zero-order chi connectivity index (χ0) is 16.4. The molecule has 0 aromatic rings. The van der Waals surface area contributed by atoms with E-state index in [1.165, 1.54) is 6.26 Å². The van der Waals surface area contributed by atoms with Crippen molar-refractivity contribution in [2.45, 2.75) is 25.3 Å². The van der Waals surface area contributed by atoms with Crippen LogP contribution in [-0.4, -0.2) is 93.2 Å². The highest BCUT2D eigenvalue weighted by Gasteiger charge is 2.39. The van der Waals surface area contributed by atoms with Gasteiger partial charge in [0.25, 0.3) is 0 Å². The maximum absolute atomic E-state index is 12.2. The number of likely N-dealkylation sites (tertiary alicyclic amines) is 1. The SMILES string of the molecule is CS(=O)(=O)N(CCN1CCOCC1)C1CCN(C(=O)C2CC2)C1. The number of ether oxygens (including phenoxy) is 1. The van der Waals surface area contributed by atoms with Crippen LogP contribution < -0.4 is 0 Å². The highest BCUT2D eigenvalue weighted by atomic mass is 32.2. The molecule has 3 rings (SSSR count). The zero-order valence-electron chi connectivity index (χ0n) is 13.8. The molecular formula is C15H27N3O4S. The molecule has 0 N–H and O–H groups in total. The van der Waals surface area contributed by atoms with Gasteiger partial charge in [0, 0.05) is 51.2 Å². The Morgan fingerprint density at radius 1 is 1.17 bits per heavy atom. The summed E-state index contributed by atoms with van der Waals surface area (Å²) in [5.41, 5.74) is 0. The van der Waals surface area contributed by atoms with Gasteiger partial charge in [-0.3, -0.25) is 9.69 Å². The molecule has 7 nitrogen and oxygen atoms in total. The van der Waals surface area contributed by atoms with Crippen LogP contribution in [0.1, 0.15) is 19.3 Å². The fourth-order valence-electron chi connectivity index (χ4n) is 3.45. The molecule has 0 radical (unpaired) electrons. The molecule has 3 fully saturated rings. The van der Waals surface area contributed by atoms with Crippen molar-refractivity contribution in [1.82, 2.24) is 14.1 Å². The van der Waals surface area contributed by atoms with Crippen molar-refractivity contribution in [3.8, 4) is 0 Å². The summed E-state index contributed by atoms with van der Waals surface area (Å²) < 4.78 is 31.3. The molecule has 1 saturated carbocycles. The van der Waals surface area contributed by atoms with Gasteiger partial charge in [0.15, 0.2) is 0 Å². The Kier molecular flexibility index (Phi) is 5.25. The van der Waals surface area contributed by atoms with Crippen LogP contribution in [0.4, 0.5) is 0 Å². The molecule has 0 bridgehead atoms. The van der Waals surface area contributed by atoms with Crippen LogP contribution in [-0.2, 0) is 19.6 Å². The summed E-state index contributed by atoms with van der Waals surface area (Å²) in [6.45, 7) is 5.59. The van der Waals surface area contributed by atoms with Gasteiger partial charge in [0.05, 0.1) is 19.5 Å². The number of carbonyl (C=O) groups excluding carboxylic acids is 1. The first kappa shape index (κ1) is 17.1. The molecule has 1 amide bonds. The number of sulfonamides is 1.